The Kier molecular flexibility index (Phi) is 8.72. The van der Waals surface area contributed by atoms with E-state index in [-0.39, 0.29) is 31.3 Å². The third-order valence-corrected chi connectivity index (χ3v) is 11.8. The molecule has 7 rings (SSSR count). The first-order valence-electron chi connectivity index (χ1n) is 16.9. The first-order chi connectivity index (χ1) is 23.6. The third-order valence-electron chi connectivity index (χ3n) is 10.0. The molecule has 0 spiro atoms. The smallest absolute Gasteiger partial charge is 0.320 e. The minimum Gasteiger partial charge on any atom is -0.496 e. The van der Waals surface area contributed by atoms with Crippen LogP contribution in [0.3, 0.4) is 0 Å². The van der Waals surface area contributed by atoms with E-state index < -0.39 is 44.8 Å². The molecule has 2 aliphatic heterocycles. The largest absolute Gasteiger partial charge is 0.496 e. The van der Waals surface area contributed by atoms with Crippen LogP contribution in [0.15, 0.2) is 66.9 Å². The van der Waals surface area contributed by atoms with E-state index in [1.165, 1.54) is 4.90 Å². The number of carbonyl (C=O) groups excluding carboxylic acids is 3. The molecule has 2 aliphatic carbocycles. The number of nitrogens with one attached hydrogen (secondary N) is 2. The lowest BCUT2D eigenvalue weighted by Crippen LogP contribution is -2.57. The first-order valence-corrected chi connectivity index (χ1v) is 18.4. The number of nitrogens with zero attached hydrogens (tertiary/aromatic N) is 3. The summed E-state index contributed by atoms with van der Waals surface area (Å²) in [6, 6.07) is 14.3. The molecule has 258 valence electrons. The predicted octanol–water partition coefficient (Wildman–Crippen LogP) is 4.01. The number of amides is 4. The SMILES string of the molecule is COc1ccc2c(O[C@@H]3C[C@H]4C(=O)N[C@]5(C(=O)NS(=O)(=O)C6CC6)C[C@H]5/C=C\CCCCN(C)C(=O)N4C3)nccc2c1-c1ccccc1. The standard InChI is InChI=1S/C36H41N5O7S/c1-40-19-9-4-3-8-12-24-21-36(24,34(43)39-49(45,46)26-13-14-26)38-32(42)29-20-25(22-41(29)35(40)44)48-33-28-15-16-30(47-2)31(27(28)17-18-37-33)23-10-6-5-7-11-23/h5-8,10-12,15-18,24-26,29H,3-4,9,13-14,19-22H2,1-2H3,(H,38,42)(H,39,43)/b12-8-/t24-,25-,29+,36-/m1/s1. The van der Waals surface area contributed by atoms with Crippen molar-refractivity contribution in [1.82, 2.24) is 24.8 Å². The van der Waals surface area contributed by atoms with Crippen molar-refractivity contribution in [2.24, 2.45) is 5.92 Å². The Balaban J connectivity index is 1.18. The van der Waals surface area contributed by atoms with Gasteiger partial charge in [-0.15, -0.1) is 0 Å². The van der Waals surface area contributed by atoms with Crippen LogP contribution in [-0.4, -0.2) is 91.2 Å². The molecule has 2 N–H and O–H groups in total. The number of ether oxygens (including phenoxy) is 2. The lowest BCUT2D eigenvalue weighted by Gasteiger charge is -2.30. The highest BCUT2D eigenvalue weighted by Gasteiger charge is 2.62. The van der Waals surface area contributed by atoms with Gasteiger partial charge >= 0.3 is 6.03 Å². The first kappa shape index (κ1) is 32.9. The van der Waals surface area contributed by atoms with Gasteiger partial charge in [-0.05, 0) is 62.3 Å². The minimum absolute atomic E-state index is 0.125. The highest BCUT2D eigenvalue weighted by atomic mass is 32.2. The summed E-state index contributed by atoms with van der Waals surface area (Å²) in [6.07, 6.45) is 8.72. The Labute approximate surface area is 285 Å². The zero-order valence-electron chi connectivity index (χ0n) is 27.6. The van der Waals surface area contributed by atoms with Crippen LogP contribution in [0.1, 0.15) is 44.9 Å². The number of sulfonamides is 1. The average Bonchev–Trinajstić information content (AvgIpc) is 4.02. The van der Waals surface area contributed by atoms with Crippen molar-refractivity contribution in [1.29, 1.82) is 0 Å². The van der Waals surface area contributed by atoms with Gasteiger partial charge in [-0.2, -0.15) is 0 Å². The molecule has 2 aromatic carbocycles. The molecular weight excluding hydrogens is 646 g/mol. The van der Waals surface area contributed by atoms with Crippen molar-refractivity contribution in [3.05, 3.63) is 66.9 Å². The van der Waals surface area contributed by atoms with Gasteiger partial charge in [-0.3, -0.25) is 14.3 Å². The number of rotatable bonds is 7. The number of carbonyl (C=O) groups is 3. The molecule has 3 fully saturated rings. The number of fused-ring (bicyclic) bond motifs is 3. The maximum Gasteiger partial charge on any atom is 0.320 e. The van der Waals surface area contributed by atoms with Crippen molar-refractivity contribution >= 4 is 38.6 Å². The summed E-state index contributed by atoms with van der Waals surface area (Å²) in [6.45, 7) is 0.645. The van der Waals surface area contributed by atoms with Crippen molar-refractivity contribution < 1.29 is 32.3 Å². The maximum absolute atomic E-state index is 14.1. The summed E-state index contributed by atoms with van der Waals surface area (Å²) in [4.78, 5) is 49.1. The lowest BCUT2D eigenvalue weighted by atomic mass is 9.98. The summed E-state index contributed by atoms with van der Waals surface area (Å²) in [5.74, 6) is -0.552. The van der Waals surface area contributed by atoms with E-state index in [0.717, 1.165) is 41.2 Å². The molecule has 49 heavy (non-hydrogen) atoms. The number of methoxy groups -OCH3 is 1. The van der Waals surface area contributed by atoms with Gasteiger partial charge in [-0.25, -0.2) is 18.2 Å². The molecule has 4 aliphatic rings. The molecule has 1 saturated heterocycles. The van der Waals surface area contributed by atoms with Crippen LogP contribution in [-0.2, 0) is 19.6 Å². The van der Waals surface area contributed by atoms with E-state index in [2.05, 4.69) is 15.0 Å². The van der Waals surface area contributed by atoms with Crippen molar-refractivity contribution in [3.8, 4) is 22.8 Å². The van der Waals surface area contributed by atoms with E-state index in [0.29, 0.717) is 31.0 Å². The molecule has 3 heterocycles. The zero-order valence-corrected chi connectivity index (χ0v) is 28.4. The van der Waals surface area contributed by atoms with Crippen LogP contribution in [0.4, 0.5) is 4.79 Å². The number of hydrogen-bond acceptors (Lipinski definition) is 8. The number of allylic oxidation sites excluding steroid dienone is 1. The Morgan fingerprint density at radius 1 is 1.06 bits per heavy atom. The number of benzene rings is 2. The summed E-state index contributed by atoms with van der Waals surface area (Å²) in [7, 11) is -0.484. The van der Waals surface area contributed by atoms with Crippen LogP contribution in [0.25, 0.3) is 21.9 Å². The third kappa shape index (κ3) is 6.43. The minimum atomic E-state index is -3.83. The van der Waals surface area contributed by atoms with Crippen molar-refractivity contribution in [3.63, 3.8) is 0 Å². The van der Waals surface area contributed by atoms with Gasteiger partial charge < -0.3 is 24.6 Å². The summed E-state index contributed by atoms with van der Waals surface area (Å²) < 4.78 is 39.9. The molecule has 4 atom stereocenters. The summed E-state index contributed by atoms with van der Waals surface area (Å²) >= 11 is 0. The van der Waals surface area contributed by atoms with Crippen LogP contribution in [0.5, 0.6) is 11.6 Å². The molecule has 4 amide bonds. The quantitative estimate of drug-likeness (QED) is 0.355. The van der Waals surface area contributed by atoms with E-state index in [1.54, 1.807) is 25.3 Å². The van der Waals surface area contributed by atoms with Gasteiger partial charge in [-0.1, -0.05) is 42.5 Å². The Hall–Kier alpha value is -4.65. The molecule has 13 heteroatoms. The number of urea groups is 1. The van der Waals surface area contributed by atoms with Gasteiger partial charge in [0.05, 0.1) is 18.9 Å². The second-order valence-electron chi connectivity index (χ2n) is 13.4. The monoisotopic (exact) mass is 687 g/mol. The van der Waals surface area contributed by atoms with E-state index in [1.807, 2.05) is 60.7 Å². The molecule has 12 nitrogen and oxygen atoms in total. The van der Waals surface area contributed by atoms with Gasteiger partial charge in [0.2, 0.25) is 21.8 Å². The second-order valence-corrected chi connectivity index (χ2v) is 15.4. The van der Waals surface area contributed by atoms with Crippen molar-refractivity contribution in [2.45, 2.75) is 67.9 Å². The average molecular weight is 688 g/mol. The van der Waals surface area contributed by atoms with Crippen LogP contribution in [0.2, 0.25) is 0 Å². The van der Waals surface area contributed by atoms with E-state index in [4.69, 9.17) is 9.47 Å². The van der Waals surface area contributed by atoms with Crippen LogP contribution < -0.4 is 19.5 Å². The molecular formula is C36H41N5O7S. The fourth-order valence-corrected chi connectivity index (χ4v) is 8.39. The highest BCUT2D eigenvalue weighted by molar-refractivity contribution is 7.91. The normalized spacial score (nSPS) is 26.6. The fourth-order valence-electron chi connectivity index (χ4n) is 7.03. The molecule has 0 bridgehead atoms. The predicted molar refractivity (Wildman–Crippen MR) is 183 cm³/mol. The van der Waals surface area contributed by atoms with E-state index in [9.17, 15) is 22.8 Å². The lowest BCUT2D eigenvalue weighted by molar-refractivity contribution is -0.131. The molecule has 1 aromatic heterocycles. The Morgan fingerprint density at radius 2 is 1.86 bits per heavy atom. The maximum atomic E-state index is 14.1. The van der Waals surface area contributed by atoms with Gasteiger partial charge in [0.15, 0.2) is 0 Å². The summed E-state index contributed by atoms with van der Waals surface area (Å²) in [5.41, 5.74) is 0.454. The summed E-state index contributed by atoms with van der Waals surface area (Å²) in [5, 5.41) is 3.94. The second kappa shape index (κ2) is 13.0. The highest BCUT2D eigenvalue weighted by Crippen LogP contribution is 2.46. The van der Waals surface area contributed by atoms with E-state index >= 15 is 0 Å². The number of hydrogen-bond donors (Lipinski definition) is 2. The number of aromatic nitrogens is 1. The van der Waals surface area contributed by atoms with Crippen LogP contribution in [0, 0.1) is 5.92 Å². The molecule has 3 aromatic rings. The molecule has 0 unspecified atom stereocenters. The van der Waals surface area contributed by atoms with Gasteiger partial charge in [0, 0.05) is 48.5 Å². The fraction of sp³-hybridized carbons (Fsp3) is 0.444. The Bertz CT molecular complexity index is 1920. The van der Waals surface area contributed by atoms with Crippen molar-refractivity contribution in [2.75, 3.05) is 27.2 Å². The zero-order chi connectivity index (χ0) is 34.3. The van der Waals surface area contributed by atoms with Gasteiger partial charge in [0.1, 0.15) is 23.4 Å². The Morgan fingerprint density at radius 3 is 2.61 bits per heavy atom. The number of pyridine rings is 1. The topological polar surface area (TPSA) is 147 Å². The molecule has 0 radical (unpaired) electrons. The molecule has 2 saturated carbocycles. The van der Waals surface area contributed by atoms with Gasteiger partial charge in [0.25, 0.3) is 5.91 Å². The van der Waals surface area contributed by atoms with Crippen LogP contribution >= 0.6 is 0 Å².